The molecule has 4 aliphatic carbocycles. The second-order valence-corrected chi connectivity index (χ2v) is 14.9. The predicted molar refractivity (Wildman–Crippen MR) is 135 cm³/mol. The summed E-state index contributed by atoms with van der Waals surface area (Å²) in [6, 6.07) is 0. The van der Waals surface area contributed by atoms with Gasteiger partial charge in [-0.3, -0.25) is 9.35 Å². The normalized spacial score (nSPS) is 45.1. The van der Waals surface area contributed by atoms with Crippen molar-refractivity contribution in [3.63, 3.8) is 0 Å². The molecule has 0 aromatic rings. The number of amides is 1. The van der Waals surface area contributed by atoms with Crippen LogP contribution >= 0.6 is 0 Å². The monoisotopic (exact) mass is 513 g/mol. The van der Waals surface area contributed by atoms with E-state index in [-0.39, 0.29) is 41.4 Å². The first-order valence-corrected chi connectivity index (χ1v) is 15.4. The summed E-state index contributed by atoms with van der Waals surface area (Å²) in [6.45, 7) is 8.23. The van der Waals surface area contributed by atoms with Gasteiger partial charge < -0.3 is 15.5 Å². The van der Waals surface area contributed by atoms with Crippen LogP contribution in [0.4, 0.5) is 0 Å². The van der Waals surface area contributed by atoms with Gasteiger partial charge in [-0.2, -0.15) is 8.42 Å². The van der Waals surface area contributed by atoms with Crippen LogP contribution < -0.4 is 5.32 Å². The number of fused-ring (bicyclic) bond motifs is 5. The van der Waals surface area contributed by atoms with Crippen LogP contribution in [0.5, 0.6) is 0 Å². The molecule has 0 aliphatic heterocycles. The summed E-state index contributed by atoms with van der Waals surface area (Å²) in [4.78, 5) is 12.3. The standard InChI is InChI=1S/C27H47NO6S/c1-16(5-10-25(31)28-15-17(2)35(32,33)34)21-8-9-22-20-7-6-18-13-19(29)11-12-26(18,3)23(20)14-24(30)27(21,22)4/h16-24,29-30H,5-15H2,1-4H3,(H,28,31)(H,32,33,34)/t16-,17?,18?,19-,20+,21-,22+,23+,24+,26+,27-/m1/s1. The minimum Gasteiger partial charge on any atom is -0.393 e. The van der Waals surface area contributed by atoms with Crippen LogP contribution in [0.25, 0.3) is 0 Å². The Labute approximate surface area is 211 Å². The lowest BCUT2D eigenvalue weighted by molar-refractivity contribution is -0.174. The highest BCUT2D eigenvalue weighted by Gasteiger charge is 2.63. The summed E-state index contributed by atoms with van der Waals surface area (Å²) in [5, 5.41) is 23.5. The van der Waals surface area contributed by atoms with Crippen LogP contribution in [0.1, 0.15) is 91.9 Å². The third-order valence-electron chi connectivity index (χ3n) is 11.4. The van der Waals surface area contributed by atoms with Crippen molar-refractivity contribution in [2.45, 2.75) is 109 Å². The molecule has 35 heavy (non-hydrogen) atoms. The Balaban J connectivity index is 1.39. The van der Waals surface area contributed by atoms with Crippen LogP contribution in [0.3, 0.4) is 0 Å². The average molecular weight is 514 g/mol. The van der Waals surface area contributed by atoms with Gasteiger partial charge in [0, 0.05) is 13.0 Å². The van der Waals surface area contributed by atoms with Gasteiger partial charge in [0.1, 0.15) is 5.25 Å². The molecule has 0 saturated heterocycles. The van der Waals surface area contributed by atoms with E-state index in [1.54, 1.807) is 0 Å². The Kier molecular flexibility index (Phi) is 7.72. The van der Waals surface area contributed by atoms with Crippen molar-refractivity contribution in [3.05, 3.63) is 0 Å². The first-order valence-electron chi connectivity index (χ1n) is 13.9. The molecule has 4 aliphatic rings. The molecule has 0 radical (unpaired) electrons. The first-order chi connectivity index (χ1) is 16.3. The molecule has 4 rings (SSSR count). The number of carbonyl (C=O) groups is 1. The number of aliphatic hydroxyl groups excluding tert-OH is 2. The molecule has 0 bridgehead atoms. The van der Waals surface area contributed by atoms with Crippen molar-refractivity contribution < 1.29 is 28.0 Å². The summed E-state index contributed by atoms with van der Waals surface area (Å²) in [5.41, 5.74) is 0.0966. The minimum atomic E-state index is -4.15. The van der Waals surface area contributed by atoms with Crippen molar-refractivity contribution in [1.82, 2.24) is 5.32 Å². The molecule has 8 heteroatoms. The number of aliphatic hydroxyl groups is 2. The highest BCUT2D eigenvalue weighted by Crippen LogP contribution is 2.68. The largest absolute Gasteiger partial charge is 0.393 e. The number of rotatable bonds is 7. The molecule has 0 aromatic carbocycles. The molecule has 0 heterocycles. The Morgan fingerprint density at radius 1 is 1.03 bits per heavy atom. The fourth-order valence-electron chi connectivity index (χ4n) is 9.17. The fourth-order valence-corrected chi connectivity index (χ4v) is 9.47. The summed E-state index contributed by atoms with van der Waals surface area (Å²) in [7, 11) is -4.15. The Morgan fingerprint density at radius 3 is 2.43 bits per heavy atom. The maximum Gasteiger partial charge on any atom is 0.269 e. The lowest BCUT2D eigenvalue weighted by Gasteiger charge is -2.62. The maximum absolute atomic E-state index is 12.3. The minimum absolute atomic E-state index is 0.0894. The Bertz CT molecular complexity index is 894. The second-order valence-electron chi connectivity index (χ2n) is 13.0. The number of hydrogen-bond donors (Lipinski definition) is 4. The highest BCUT2D eigenvalue weighted by molar-refractivity contribution is 7.86. The fraction of sp³-hybridized carbons (Fsp3) is 0.963. The van der Waals surface area contributed by atoms with E-state index in [0.717, 1.165) is 38.5 Å². The molecule has 4 fully saturated rings. The summed E-state index contributed by atoms with van der Waals surface area (Å²) < 4.78 is 31.4. The van der Waals surface area contributed by atoms with E-state index in [4.69, 9.17) is 4.55 Å². The molecule has 0 aromatic heterocycles. The molecular weight excluding hydrogens is 466 g/mol. The van der Waals surface area contributed by atoms with Gasteiger partial charge >= 0.3 is 0 Å². The van der Waals surface area contributed by atoms with Crippen LogP contribution in [0.2, 0.25) is 0 Å². The van der Waals surface area contributed by atoms with Crippen LogP contribution in [-0.2, 0) is 14.9 Å². The lowest BCUT2D eigenvalue weighted by atomic mass is 9.43. The Morgan fingerprint density at radius 2 is 1.74 bits per heavy atom. The van der Waals surface area contributed by atoms with E-state index >= 15 is 0 Å². The average Bonchev–Trinajstić information content (AvgIpc) is 3.15. The van der Waals surface area contributed by atoms with E-state index in [1.165, 1.54) is 19.8 Å². The van der Waals surface area contributed by atoms with Crippen LogP contribution in [0.15, 0.2) is 0 Å². The van der Waals surface area contributed by atoms with E-state index in [2.05, 4.69) is 26.1 Å². The quantitative estimate of drug-likeness (QED) is 0.384. The molecule has 4 saturated carbocycles. The zero-order valence-corrected chi connectivity index (χ0v) is 22.8. The van der Waals surface area contributed by atoms with Crippen LogP contribution in [-0.4, -0.2) is 53.1 Å². The number of hydrogen-bond acceptors (Lipinski definition) is 5. The van der Waals surface area contributed by atoms with Crippen molar-refractivity contribution in [2.75, 3.05) is 6.54 Å². The van der Waals surface area contributed by atoms with Crippen molar-refractivity contribution in [2.24, 2.45) is 46.3 Å². The van der Waals surface area contributed by atoms with Gasteiger partial charge in [-0.05, 0) is 111 Å². The highest BCUT2D eigenvalue weighted by atomic mass is 32.2. The van der Waals surface area contributed by atoms with Crippen molar-refractivity contribution >= 4 is 16.0 Å². The number of nitrogens with one attached hydrogen (secondary N) is 1. The third-order valence-corrected chi connectivity index (χ3v) is 12.6. The Hall–Kier alpha value is -0.700. The molecule has 1 amide bonds. The zero-order valence-electron chi connectivity index (χ0n) is 21.9. The van der Waals surface area contributed by atoms with E-state index in [1.807, 2.05) is 0 Å². The number of carbonyl (C=O) groups excluding carboxylic acids is 1. The first kappa shape index (κ1) is 27.3. The van der Waals surface area contributed by atoms with Crippen molar-refractivity contribution in [3.8, 4) is 0 Å². The van der Waals surface area contributed by atoms with Gasteiger partial charge in [0.05, 0.1) is 12.2 Å². The van der Waals surface area contributed by atoms with E-state index in [9.17, 15) is 23.4 Å². The molecule has 0 spiro atoms. The summed E-state index contributed by atoms with van der Waals surface area (Å²) in [6.07, 6.45) is 8.90. The topological polar surface area (TPSA) is 124 Å². The summed E-state index contributed by atoms with van der Waals surface area (Å²) >= 11 is 0. The smallest absolute Gasteiger partial charge is 0.269 e. The predicted octanol–water partition coefficient (Wildman–Crippen LogP) is 3.79. The molecule has 11 atom stereocenters. The van der Waals surface area contributed by atoms with Gasteiger partial charge in [0.2, 0.25) is 5.91 Å². The SMILES string of the molecule is CC(CNC(=O)CC[C@@H](C)[C@H]1CC[C@H]2[C@@H]3CCC4C[C@H](O)CC[C@]4(C)[C@H]3C[C@H](O)[C@]12C)S(=O)(=O)O. The molecule has 4 N–H and O–H groups in total. The van der Waals surface area contributed by atoms with Gasteiger partial charge in [-0.15, -0.1) is 0 Å². The molecule has 202 valence electrons. The lowest BCUT2D eigenvalue weighted by Crippen LogP contribution is -2.58. The van der Waals surface area contributed by atoms with Gasteiger partial charge in [0.25, 0.3) is 10.1 Å². The van der Waals surface area contributed by atoms with Crippen LogP contribution in [0, 0.1) is 46.3 Å². The summed E-state index contributed by atoms with van der Waals surface area (Å²) in [5.74, 6) is 2.72. The van der Waals surface area contributed by atoms with E-state index in [0.29, 0.717) is 42.4 Å². The van der Waals surface area contributed by atoms with Gasteiger partial charge in [0.15, 0.2) is 0 Å². The van der Waals surface area contributed by atoms with E-state index < -0.39 is 15.4 Å². The maximum atomic E-state index is 12.3. The molecule has 2 unspecified atom stereocenters. The third kappa shape index (κ3) is 4.94. The second kappa shape index (κ2) is 9.88. The molecule has 7 nitrogen and oxygen atoms in total. The van der Waals surface area contributed by atoms with Gasteiger partial charge in [-0.1, -0.05) is 20.8 Å². The van der Waals surface area contributed by atoms with Gasteiger partial charge in [-0.25, -0.2) is 0 Å². The zero-order chi connectivity index (χ0) is 25.8. The van der Waals surface area contributed by atoms with Crippen molar-refractivity contribution in [1.29, 1.82) is 0 Å². The molecular formula is C27H47NO6S.